The van der Waals surface area contributed by atoms with Crippen molar-refractivity contribution in [3.63, 3.8) is 0 Å². The van der Waals surface area contributed by atoms with Crippen LogP contribution in [0.2, 0.25) is 0 Å². The first-order valence-corrected chi connectivity index (χ1v) is 5.53. The molecule has 0 aromatic carbocycles. The van der Waals surface area contributed by atoms with Crippen LogP contribution in [0.3, 0.4) is 0 Å². The number of nitrogen functional groups attached to an aromatic ring is 1. The highest BCUT2D eigenvalue weighted by atomic mass is 32.2. The minimum Gasteiger partial charge on any atom is -0.368 e. The average Bonchev–Trinajstić information content (AvgIpc) is 2.33. The lowest BCUT2D eigenvalue weighted by Gasteiger charge is -2.24. The van der Waals surface area contributed by atoms with Crippen molar-refractivity contribution >= 4 is 17.7 Å². The van der Waals surface area contributed by atoms with E-state index < -0.39 is 0 Å². The molecule has 0 spiro atoms. The molecular formula is C8H14N4S. The van der Waals surface area contributed by atoms with Gasteiger partial charge < -0.3 is 5.73 Å². The van der Waals surface area contributed by atoms with Gasteiger partial charge in [0.05, 0.1) is 0 Å². The van der Waals surface area contributed by atoms with Crippen molar-refractivity contribution < 1.29 is 0 Å². The molecule has 5 heteroatoms. The fourth-order valence-electron chi connectivity index (χ4n) is 1.30. The number of anilines is 1. The summed E-state index contributed by atoms with van der Waals surface area (Å²) in [6.45, 7) is 0. The van der Waals surface area contributed by atoms with Crippen LogP contribution < -0.4 is 5.73 Å². The van der Waals surface area contributed by atoms with Crippen molar-refractivity contribution in [2.75, 3.05) is 11.5 Å². The van der Waals surface area contributed by atoms with Gasteiger partial charge in [0.1, 0.15) is 0 Å². The van der Waals surface area contributed by atoms with E-state index in [-0.39, 0.29) is 0 Å². The van der Waals surface area contributed by atoms with E-state index in [2.05, 4.69) is 10.2 Å². The molecule has 0 radical (unpaired) electrons. The van der Waals surface area contributed by atoms with E-state index >= 15 is 0 Å². The molecule has 4 nitrogen and oxygen atoms in total. The van der Waals surface area contributed by atoms with Crippen molar-refractivity contribution in [2.24, 2.45) is 13.0 Å². The van der Waals surface area contributed by atoms with Gasteiger partial charge in [0.25, 0.3) is 0 Å². The third kappa shape index (κ3) is 1.80. The number of rotatable bonds is 3. The number of hydrogen-bond donors (Lipinski definition) is 1. The zero-order chi connectivity index (χ0) is 9.26. The van der Waals surface area contributed by atoms with Gasteiger partial charge in [-0.3, -0.25) is 4.57 Å². The minimum absolute atomic E-state index is 0.496. The summed E-state index contributed by atoms with van der Waals surface area (Å²) in [7, 11) is 1.90. The second kappa shape index (κ2) is 3.57. The molecule has 13 heavy (non-hydrogen) atoms. The van der Waals surface area contributed by atoms with Gasteiger partial charge in [0.2, 0.25) is 5.95 Å². The molecule has 72 valence electrons. The molecule has 1 aromatic rings. The second-order valence-electron chi connectivity index (χ2n) is 3.51. The van der Waals surface area contributed by atoms with Gasteiger partial charge in [-0.15, -0.1) is 10.2 Å². The van der Waals surface area contributed by atoms with Crippen LogP contribution in [-0.4, -0.2) is 20.5 Å². The first-order chi connectivity index (χ1) is 6.27. The Morgan fingerprint density at radius 1 is 1.54 bits per heavy atom. The zero-order valence-electron chi connectivity index (χ0n) is 7.73. The standard InChI is InChI=1S/C8H14N4S/c1-12-7(9)10-11-8(12)13-5-6-3-2-4-6/h6H,2-5H2,1H3,(H2,9,10). The lowest BCUT2D eigenvalue weighted by atomic mass is 9.87. The molecule has 2 rings (SSSR count). The molecule has 0 atom stereocenters. The van der Waals surface area contributed by atoms with Crippen LogP contribution in [0.15, 0.2) is 5.16 Å². The number of nitrogens with zero attached hydrogens (tertiary/aromatic N) is 3. The molecule has 1 aliphatic carbocycles. The molecular weight excluding hydrogens is 184 g/mol. The van der Waals surface area contributed by atoms with Crippen molar-refractivity contribution in [3.05, 3.63) is 0 Å². The van der Waals surface area contributed by atoms with Gasteiger partial charge >= 0.3 is 0 Å². The number of thioether (sulfide) groups is 1. The Labute approximate surface area is 81.9 Å². The van der Waals surface area contributed by atoms with E-state index in [9.17, 15) is 0 Å². The van der Waals surface area contributed by atoms with E-state index in [4.69, 9.17) is 5.73 Å². The highest BCUT2D eigenvalue weighted by Crippen LogP contribution is 2.31. The SMILES string of the molecule is Cn1c(N)nnc1SCC1CCC1. The predicted octanol–water partition coefficient (Wildman–Crippen LogP) is 1.29. The molecule has 1 heterocycles. The summed E-state index contributed by atoms with van der Waals surface area (Å²) in [5.41, 5.74) is 5.57. The lowest BCUT2D eigenvalue weighted by molar-refractivity contribution is 0.353. The Hall–Kier alpha value is -0.710. The molecule has 0 amide bonds. The normalized spacial score (nSPS) is 17.3. The predicted molar refractivity (Wildman–Crippen MR) is 53.5 cm³/mol. The van der Waals surface area contributed by atoms with Gasteiger partial charge in [0.15, 0.2) is 5.16 Å². The minimum atomic E-state index is 0.496. The van der Waals surface area contributed by atoms with Crippen molar-refractivity contribution in [1.82, 2.24) is 14.8 Å². The summed E-state index contributed by atoms with van der Waals surface area (Å²) in [4.78, 5) is 0. The maximum absolute atomic E-state index is 5.57. The summed E-state index contributed by atoms with van der Waals surface area (Å²) >= 11 is 1.76. The maximum atomic E-state index is 5.57. The maximum Gasteiger partial charge on any atom is 0.222 e. The molecule has 1 saturated carbocycles. The Kier molecular flexibility index (Phi) is 2.44. The quantitative estimate of drug-likeness (QED) is 0.743. The molecule has 0 saturated heterocycles. The third-order valence-corrected chi connectivity index (χ3v) is 3.79. The number of hydrogen-bond acceptors (Lipinski definition) is 4. The topological polar surface area (TPSA) is 56.7 Å². The van der Waals surface area contributed by atoms with Crippen LogP contribution in [0.25, 0.3) is 0 Å². The van der Waals surface area contributed by atoms with Crippen LogP contribution in [0.5, 0.6) is 0 Å². The number of aromatic nitrogens is 3. The Morgan fingerprint density at radius 2 is 2.31 bits per heavy atom. The average molecular weight is 198 g/mol. The van der Waals surface area contributed by atoms with Crippen molar-refractivity contribution in [1.29, 1.82) is 0 Å². The van der Waals surface area contributed by atoms with E-state index in [0.29, 0.717) is 5.95 Å². The highest BCUT2D eigenvalue weighted by molar-refractivity contribution is 7.99. The summed E-state index contributed by atoms with van der Waals surface area (Å²) in [5.74, 6) is 2.55. The second-order valence-corrected chi connectivity index (χ2v) is 4.49. The molecule has 0 aliphatic heterocycles. The molecule has 0 bridgehead atoms. The molecule has 0 unspecified atom stereocenters. The Morgan fingerprint density at radius 3 is 2.77 bits per heavy atom. The first kappa shape index (κ1) is 8.87. The Bertz CT molecular complexity index is 292. The summed E-state index contributed by atoms with van der Waals surface area (Å²) in [6.07, 6.45) is 4.15. The molecule has 1 aliphatic rings. The van der Waals surface area contributed by atoms with Gasteiger partial charge in [-0.05, 0) is 18.8 Å². The van der Waals surface area contributed by atoms with Crippen molar-refractivity contribution in [3.8, 4) is 0 Å². The van der Waals surface area contributed by atoms with E-state index in [0.717, 1.165) is 16.8 Å². The van der Waals surface area contributed by atoms with Gasteiger partial charge in [-0.2, -0.15) is 0 Å². The lowest BCUT2D eigenvalue weighted by Crippen LogP contribution is -2.13. The monoisotopic (exact) mass is 198 g/mol. The number of nitrogens with two attached hydrogens (primary N) is 1. The third-order valence-electron chi connectivity index (χ3n) is 2.54. The van der Waals surface area contributed by atoms with E-state index in [1.165, 1.54) is 19.3 Å². The van der Waals surface area contributed by atoms with Crippen LogP contribution in [-0.2, 0) is 7.05 Å². The summed E-state index contributed by atoms with van der Waals surface area (Å²) < 4.78 is 1.84. The van der Waals surface area contributed by atoms with Crippen LogP contribution in [0.4, 0.5) is 5.95 Å². The fraction of sp³-hybridized carbons (Fsp3) is 0.750. The summed E-state index contributed by atoms with van der Waals surface area (Å²) in [5, 5.41) is 8.74. The van der Waals surface area contributed by atoms with Crippen molar-refractivity contribution in [2.45, 2.75) is 24.4 Å². The highest BCUT2D eigenvalue weighted by Gasteiger charge is 2.18. The molecule has 1 fully saturated rings. The van der Waals surface area contributed by atoms with E-state index in [1.807, 2.05) is 11.6 Å². The smallest absolute Gasteiger partial charge is 0.222 e. The Balaban J connectivity index is 1.89. The van der Waals surface area contributed by atoms with Gasteiger partial charge in [0, 0.05) is 12.8 Å². The molecule has 2 N–H and O–H groups in total. The van der Waals surface area contributed by atoms with Crippen LogP contribution in [0, 0.1) is 5.92 Å². The molecule has 1 aromatic heterocycles. The fourth-order valence-corrected chi connectivity index (χ4v) is 2.41. The van der Waals surface area contributed by atoms with E-state index in [1.54, 1.807) is 11.8 Å². The summed E-state index contributed by atoms with van der Waals surface area (Å²) in [6, 6.07) is 0. The largest absolute Gasteiger partial charge is 0.368 e. The first-order valence-electron chi connectivity index (χ1n) is 4.55. The zero-order valence-corrected chi connectivity index (χ0v) is 8.55. The van der Waals surface area contributed by atoms with Gasteiger partial charge in [-0.25, -0.2) is 0 Å². The van der Waals surface area contributed by atoms with Crippen LogP contribution >= 0.6 is 11.8 Å². The van der Waals surface area contributed by atoms with Gasteiger partial charge in [-0.1, -0.05) is 18.2 Å². The van der Waals surface area contributed by atoms with Crippen LogP contribution in [0.1, 0.15) is 19.3 Å².